The maximum atomic E-state index is 5.48. The Morgan fingerprint density at radius 2 is 2.00 bits per heavy atom. The highest BCUT2D eigenvalue weighted by atomic mass is 16.5. The first-order chi connectivity index (χ1) is 9.38. The predicted molar refractivity (Wildman–Crippen MR) is 77.6 cm³/mol. The van der Waals surface area contributed by atoms with Crippen molar-refractivity contribution in [3.05, 3.63) is 12.4 Å². The minimum Gasteiger partial charge on any atom is -0.382 e. The molecule has 0 amide bonds. The van der Waals surface area contributed by atoms with Gasteiger partial charge in [-0.2, -0.15) is 0 Å². The number of nitrogens with zero attached hydrogens (tertiary/aromatic N) is 2. The molecule has 0 radical (unpaired) electrons. The van der Waals surface area contributed by atoms with Gasteiger partial charge < -0.3 is 19.4 Å². The summed E-state index contributed by atoms with van der Waals surface area (Å²) in [6.45, 7) is 9.23. The zero-order valence-corrected chi connectivity index (χ0v) is 12.2. The van der Waals surface area contributed by atoms with E-state index in [1.54, 1.807) is 0 Å². The Kier molecular flexibility index (Phi) is 9.10. The second-order valence-corrected chi connectivity index (χ2v) is 4.39. The van der Waals surface area contributed by atoms with E-state index in [0.29, 0.717) is 0 Å². The minimum atomic E-state index is 0.784. The number of nitrogens with one attached hydrogen (secondary N) is 1. The molecule has 19 heavy (non-hydrogen) atoms. The lowest BCUT2D eigenvalue weighted by Crippen LogP contribution is -2.11. The molecule has 0 saturated heterocycles. The van der Waals surface area contributed by atoms with Gasteiger partial charge >= 0.3 is 0 Å². The van der Waals surface area contributed by atoms with Gasteiger partial charge in [0, 0.05) is 51.9 Å². The summed E-state index contributed by atoms with van der Waals surface area (Å²) >= 11 is 0. The Hall–Kier alpha value is -1.07. The van der Waals surface area contributed by atoms with E-state index >= 15 is 0 Å². The van der Waals surface area contributed by atoms with Crippen molar-refractivity contribution >= 4 is 5.95 Å². The van der Waals surface area contributed by atoms with Gasteiger partial charge in [-0.1, -0.05) is 6.92 Å². The molecular weight excluding hydrogens is 242 g/mol. The Morgan fingerprint density at radius 1 is 1.16 bits per heavy atom. The monoisotopic (exact) mass is 269 g/mol. The van der Waals surface area contributed by atoms with Crippen LogP contribution in [-0.2, 0) is 16.0 Å². The topological polar surface area (TPSA) is 48.3 Å². The highest BCUT2D eigenvalue weighted by Gasteiger charge is 2.01. The molecule has 0 aliphatic heterocycles. The van der Waals surface area contributed by atoms with Crippen molar-refractivity contribution in [3.63, 3.8) is 0 Å². The van der Waals surface area contributed by atoms with Crippen molar-refractivity contribution in [2.24, 2.45) is 0 Å². The van der Waals surface area contributed by atoms with Gasteiger partial charge in [0.2, 0.25) is 5.95 Å². The predicted octanol–water partition coefficient (Wildman–Crippen LogP) is 2.54. The molecule has 110 valence electrons. The quantitative estimate of drug-likeness (QED) is 0.592. The average Bonchev–Trinajstić information content (AvgIpc) is 2.86. The molecule has 0 aliphatic carbocycles. The average molecular weight is 269 g/mol. The van der Waals surface area contributed by atoms with Crippen LogP contribution in [0.2, 0.25) is 0 Å². The lowest BCUT2D eigenvalue weighted by molar-refractivity contribution is 0.129. The summed E-state index contributed by atoms with van der Waals surface area (Å²) in [5, 5.41) is 3.34. The van der Waals surface area contributed by atoms with E-state index in [2.05, 4.69) is 21.8 Å². The van der Waals surface area contributed by atoms with E-state index in [1.165, 1.54) is 0 Å². The number of hydrogen-bond acceptors (Lipinski definition) is 4. The summed E-state index contributed by atoms with van der Waals surface area (Å²) in [6, 6.07) is 0. The molecule has 5 nitrogen and oxygen atoms in total. The summed E-state index contributed by atoms with van der Waals surface area (Å²) in [4.78, 5) is 4.32. The van der Waals surface area contributed by atoms with Crippen LogP contribution in [0.3, 0.4) is 0 Å². The molecule has 0 unspecified atom stereocenters. The maximum absolute atomic E-state index is 5.48. The van der Waals surface area contributed by atoms with E-state index in [4.69, 9.17) is 9.47 Å². The molecule has 1 rings (SSSR count). The number of imidazole rings is 1. The van der Waals surface area contributed by atoms with Gasteiger partial charge in [0.05, 0.1) is 0 Å². The van der Waals surface area contributed by atoms with Gasteiger partial charge in [-0.25, -0.2) is 4.98 Å². The number of aromatic nitrogens is 2. The number of aryl methyl sites for hydroxylation is 1. The molecule has 1 aromatic heterocycles. The summed E-state index contributed by atoms with van der Waals surface area (Å²) in [6.07, 6.45) is 6.94. The Balaban J connectivity index is 2.15. The van der Waals surface area contributed by atoms with Crippen molar-refractivity contribution in [3.8, 4) is 0 Å². The van der Waals surface area contributed by atoms with Crippen molar-refractivity contribution in [2.75, 3.05) is 38.3 Å². The van der Waals surface area contributed by atoms with Crippen LogP contribution in [0.15, 0.2) is 12.4 Å². The molecule has 0 aromatic carbocycles. The normalized spacial score (nSPS) is 10.8. The van der Waals surface area contributed by atoms with Crippen LogP contribution in [-0.4, -0.2) is 42.5 Å². The van der Waals surface area contributed by atoms with E-state index in [0.717, 1.165) is 64.7 Å². The lowest BCUT2D eigenvalue weighted by atomic mass is 10.4. The van der Waals surface area contributed by atoms with Gasteiger partial charge in [-0.05, 0) is 26.2 Å². The Bertz CT molecular complexity index is 287. The molecule has 0 fully saturated rings. The minimum absolute atomic E-state index is 0.784. The first-order valence-electron chi connectivity index (χ1n) is 7.29. The summed E-state index contributed by atoms with van der Waals surface area (Å²) in [7, 11) is 0. The van der Waals surface area contributed by atoms with E-state index in [-0.39, 0.29) is 0 Å². The van der Waals surface area contributed by atoms with Gasteiger partial charge in [0.15, 0.2) is 0 Å². The van der Waals surface area contributed by atoms with Gasteiger partial charge in [-0.15, -0.1) is 0 Å². The SMILES string of the molecule is CCCOCCCn1ccnc1NCCCOCC. The molecule has 0 bridgehead atoms. The molecule has 0 spiro atoms. The van der Waals surface area contributed by atoms with E-state index in [9.17, 15) is 0 Å². The van der Waals surface area contributed by atoms with Gasteiger partial charge in [0.25, 0.3) is 0 Å². The molecule has 5 heteroatoms. The second-order valence-electron chi connectivity index (χ2n) is 4.39. The van der Waals surface area contributed by atoms with Crippen molar-refractivity contribution in [1.29, 1.82) is 0 Å². The number of anilines is 1. The van der Waals surface area contributed by atoms with Crippen LogP contribution in [0.5, 0.6) is 0 Å². The zero-order chi connectivity index (χ0) is 13.8. The first kappa shape index (κ1) is 16.0. The number of hydrogen-bond donors (Lipinski definition) is 1. The van der Waals surface area contributed by atoms with Crippen molar-refractivity contribution < 1.29 is 9.47 Å². The zero-order valence-electron chi connectivity index (χ0n) is 12.2. The maximum Gasteiger partial charge on any atom is 0.202 e. The highest BCUT2D eigenvalue weighted by molar-refractivity contribution is 5.25. The molecule has 0 saturated carbocycles. The van der Waals surface area contributed by atoms with Crippen LogP contribution in [0.1, 0.15) is 33.1 Å². The Labute approximate surface area is 116 Å². The molecule has 1 N–H and O–H groups in total. The highest BCUT2D eigenvalue weighted by Crippen LogP contribution is 2.05. The molecule has 0 atom stereocenters. The van der Waals surface area contributed by atoms with Gasteiger partial charge in [-0.3, -0.25) is 0 Å². The number of ether oxygens (including phenoxy) is 2. The number of rotatable bonds is 12. The van der Waals surface area contributed by atoms with Crippen LogP contribution in [0.25, 0.3) is 0 Å². The second kappa shape index (κ2) is 10.8. The smallest absolute Gasteiger partial charge is 0.202 e. The van der Waals surface area contributed by atoms with E-state index < -0.39 is 0 Å². The fourth-order valence-electron chi connectivity index (χ4n) is 1.76. The molecular formula is C14H27N3O2. The summed E-state index contributed by atoms with van der Waals surface area (Å²) < 4.78 is 12.9. The molecule has 1 heterocycles. The van der Waals surface area contributed by atoms with Gasteiger partial charge in [0.1, 0.15) is 0 Å². The third kappa shape index (κ3) is 7.18. The molecule has 1 aromatic rings. The van der Waals surface area contributed by atoms with Crippen LogP contribution in [0.4, 0.5) is 5.95 Å². The van der Waals surface area contributed by atoms with E-state index in [1.807, 2.05) is 19.3 Å². The van der Waals surface area contributed by atoms with Crippen molar-refractivity contribution in [1.82, 2.24) is 9.55 Å². The van der Waals surface area contributed by atoms with Crippen LogP contribution < -0.4 is 5.32 Å². The van der Waals surface area contributed by atoms with Crippen LogP contribution in [0, 0.1) is 0 Å². The third-order valence-electron chi connectivity index (χ3n) is 2.70. The fraction of sp³-hybridized carbons (Fsp3) is 0.786. The van der Waals surface area contributed by atoms with Crippen molar-refractivity contribution in [2.45, 2.75) is 39.7 Å². The summed E-state index contributed by atoms with van der Waals surface area (Å²) in [5.74, 6) is 0.937. The molecule has 0 aliphatic rings. The first-order valence-corrected chi connectivity index (χ1v) is 7.29. The van der Waals surface area contributed by atoms with Crippen LogP contribution >= 0.6 is 0 Å². The summed E-state index contributed by atoms with van der Waals surface area (Å²) in [5.41, 5.74) is 0. The lowest BCUT2D eigenvalue weighted by Gasteiger charge is -2.10. The standard InChI is InChI=1S/C14H27N3O2/c1-3-11-19-13-6-9-17-10-8-16-14(17)15-7-5-12-18-4-2/h8,10H,3-7,9,11-13H2,1-2H3,(H,15,16). The Morgan fingerprint density at radius 3 is 2.79 bits per heavy atom. The largest absolute Gasteiger partial charge is 0.382 e. The fourth-order valence-corrected chi connectivity index (χ4v) is 1.76. The third-order valence-corrected chi connectivity index (χ3v) is 2.70.